The Bertz CT molecular complexity index is 653. The molecule has 0 aliphatic heterocycles. The summed E-state index contributed by atoms with van der Waals surface area (Å²) in [5.74, 6) is 0.825. The summed E-state index contributed by atoms with van der Waals surface area (Å²) in [4.78, 5) is 4.21. The Morgan fingerprint density at radius 2 is 2.00 bits per heavy atom. The zero-order chi connectivity index (χ0) is 14.6. The first kappa shape index (κ1) is 14.7. The maximum Gasteiger partial charge on any atom is 0.243 e. The number of rotatable bonds is 6. The maximum atomic E-state index is 11.1. The molecule has 0 unspecified atom stereocenters. The quantitative estimate of drug-likeness (QED) is 0.856. The van der Waals surface area contributed by atoms with E-state index in [4.69, 9.17) is 10.3 Å². The van der Waals surface area contributed by atoms with Gasteiger partial charge in [0.05, 0.1) is 11.8 Å². The molecule has 0 aliphatic rings. The molecule has 0 saturated heterocycles. The van der Waals surface area contributed by atoms with E-state index in [9.17, 15) is 8.42 Å². The van der Waals surface area contributed by atoms with Crippen molar-refractivity contribution in [3.63, 3.8) is 0 Å². The average Bonchev–Trinajstić information content (AvgIpc) is 2.85. The van der Waals surface area contributed by atoms with Crippen LogP contribution in [-0.2, 0) is 16.3 Å². The Hall–Kier alpha value is -1.73. The third-order valence-electron chi connectivity index (χ3n) is 2.81. The van der Waals surface area contributed by atoms with Gasteiger partial charge in [-0.15, -0.1) is 0 Å². The Morgan fingerprint density at radius 1 is 1.30 bits per heavy atom. The van der Waals surface area contributed by atoms with Crippen molar-refractivity contribution in [1.29, 1.82) is 0 Å². The van der Waals surface area contributed by atoms with E-state index in [0.29, 0.717) is 12.2 Å². The smallest absolute Gasteiger partial charge is 0.243 e. The molecule has 2 N–H and O–H groups in total. The first-order valence-electron chi connectivity index (χ1n) is 6.24. The van der Waals surface area contributed by atoms with Crippen molar-refractivity contribution < 1.29 is 12.9 Å². The van der Waals surface area contributed by atoms with E-state index in [2.05, 4.69) is 10.1 Å². The molecule has 7 heteroatoms. The van der Waals surface area contributed by atoms with Crippen LogP contribution in [0.2, 0.25) is 0 Å². The molecule has 0 aliphatic carbocycles. The lowest BCUT2D eigenvalue weighted by Crippen LogP contribution is -2.16. The third-order valence-corrected chi connectivity index (χ3v) is 3.78. The van der Waals surface area contributed by atoms with Crippen molar-refractivity contribution >= 4 is 9.84 Å². The minimum atomic E-state index is -3.04. The minimum Gasteiger partial charge on any atom is -0.338 e. The van der Waals surface area contributed by atoms with E-state index in [1.165, 1.54) is 6.26 Å². The summed E-state index contributed by atoms with van der Waals surface area (Å²) in [6, 6.07) is 9.20. The first-order chi connectivity index (χ1) is 9.44. The van der Waals surface area contributed by atoms with Gasteiger partial charge in [-0.3, -0.25) is 0 Å². The second-order valence-corrected chi connectivity index (χ2v) is 7.00. The number of sulfone groups is 1. The topological polar surface area (TPSA) is 99.1 Å². The predicted molar refractivity (Wildman–Crippen MR) is 74.8 cm³/mol. The van der Waals surface area contributed by atoms with Crippen LogP contribution in [-0.4, -0.2) is 30.6 Å². The molecule has 0 radical (unpaired) electrons. The van der Waals surface area contributed by atoms with E-state index in [0.717, 1.165) is 5.56 Å². The maximum absolute atomic E-state index is 11.1. The summed E-state index contributed by atoms with van der Waals surface area (Å²) in [6.07, 6.45) is 2.00. The van der Waals surface area contributed by atoms with Gasteiger partial charge in [0.15, 0.2) is 5.82 Å². The molecule has 0 amide bonds. The molecule has 0 bridgehead atoms. The Kier molecular flexibility index (Phi) is 4.51. The van der Waals surface area contributed by atoms with E-state index < -0.39 is 15.9 Å². The van der Waals surface area contributed by atoms with E-state index in [1.54, 1.807) is 0 Å². The zero-order valence-electron chi connectivity index (χ0n) is 11.2. The molecule has 1 aromatic carbocycles. The second kappa shape index (κ2) is 6.15. The summed E-state index contributed by atoms with van der Waals surface area (Å²) in [5, 5.41) is 3.86. The number of hydrogen-bond acceptors (Lipinski definition) is 6. The number of benzene rings is 1. The van der Waals surface area contributed by atoms with Crippen molar-refractivity contribution in [2.45, 2.75) is 18.9 Å². The Balaban J connectivity index is 1.98. The highest BCUT2D eigenvalue weighted by Crippen LogP contribution is 2.14. The van der Waals surface area contributed by atoms with Crippen LogP contribution in [0.3, 0.4) is 0 Å². The van der Waals surface area contributed by atoms with Gasteiger partial charge in [-0.25, -0.2) is 8.42 Å². The molecule has 0 spiro atoms. The number of aromatic nitrogens is 2. The molecule has 20 heavy (non-hydrogen) atoms. The van der Waals surface area contributed by atoms with Crippen molar-refractivity contribution in [1.82, 2.24) is 10.1 Å². The van der Waals surface area contributed by atoms with Gasteiger partial charge >= 0.3 is 0 Å². The molecule has 1 aromatic heterocycles. The fourth-order valence-corrected chi connectivity index (χ4v) is 2.41. The fraction of sp³-hybridized carbons (Fsp3) is 0.385. The summed E-state index contributed by atoms with van der Waals surface area (Å²) < 4.78 is 27.3. The summed E-state index contributed by atoms with van der Waals surface area (Å²) >= 11 is 0. The van der Waals surface area contributed by atoms with Gasteiger partial charge < -0.3 is 10.3 Å². The predicted octanol–water partition coefficient (Wildman–Crippen LogP) is 1.09. The largest absolute Gasteiger partial charge is 0.338 e. The first-order valence-corrected chi connectivity index (χ1v) is 8.30. The van der Waals surface area contributed by atoms with Gasteiger partial charge in [-0.2, -0.15) is 4.98 Å². The molecule has 2 aromatic rings. The second-order valence-electron chi connectivity index (χ2n) is 4.74. The van der Waals surface area contributed by atoms with Gasteiger partial charge in [0, 0.05) is 12.7 Å². The van der Waals surface area contributed by atoms with Gasteiger partial charge in [-0.1, -0.05) is 35.5 Å². The normalized spacial score (nSPS) is 13.3. The SMILES string of the molecule is CS(=O)(=O)CC[C@@H](N)c1nc(Cc2ccccc2)no1. The van der Waals surface area contributed by atoms with Crippen LogP contribution in [0.15, 0.2) is 34.9 Å². The molecular formula is C13H17N3O3S. The third kappa shape index (κ3) is 4.43. The highest BCUT2D eigenvalue weighted by molar-refractivity contribution is 7.90. The van der Waals surface area contributed by atoms with Crippen LogP contribution in [0.4, 0.5) is 0 Å². The van der Waals surface area contributed by atoms with Crippen LogP contribution < -0.4 is 5.73 Å². The molecule has 1 atom stereocenters. The Labute approximate surface area is 117 Å². The van der Waals surface area contributed by atoms with E-state index >= 15 is 0 Å². The summed E-state index contributed by atoms with van der Waals surface area (Å²) in [6.45, 7) is 0. The standard InChI is InChI=1S/C13H17N3O3S/c1-20(17,18)8-7-11(14)13-15-12(16-19-13)9-10-5-3-2-4-6-10/h2-6,11H,7-9,14H2,1H3/t11-/m1/s1. The minimum absolute atomic E-state index is 0.00453. The van der Waals surface area contributed by atoms with Crippen LogP contribution >= 0.6 is 0 Å². The lowest BCUT2D eigenvalue weighted by Gasteiger charge is -2.04. The molecule has 108 valence electrons. The fourth-order valence-electron chi connectivity index (χ4n) is 1.73. The average molecular weight is 295 g/mol. The molecule has 0 saturated carbocycles. The van der Waals surface area contributed by atoms with Gasteiger partial charge in [0.25, 0.3) is 0 Å². The van der Waals surface area contributed by atoms with Crippen LogP contribution in [0, 0.1) is 0 Å². The zero-order valence-corrected chi connectivity index (χ0v) is 12.0. The molecular weight excluding hydrogens is 278 g/mol. The lowest BCUT2D eigenvalue weighted by molar-refractivity contribution is 0.349. The van der Waals surface area contributed by atoms with Crippen LogP contribution in [0.5, 0.6) is 0 Å². The van der Waals surface area contributed by atoms with Gasteiger partial charge in [0.1, 0.15) is 9.84 Å². The van der Waals surface area contributed by atoms with Crippen LogP contribution in [0.25, 0.3) is 0 Å². The Morgan fingerprint density at radius 3 is 2.65 bits per heavy atom. The molecule has 1 heterocycles. The molecule has 6 nitrogen and oxygen atoms in total. The number of nitrogens with two attached hydrogens (primary N) is 1. The highest BCUT2D eigenvalue weighted by Gasteiger charge is 2.17. The highest BCUT2D eigenvalue weighted by atomic mass is 32.2. The number of hydrogen-bond donors (Lipinski definition) is 1. The van der Waals surface area contributed by atoms with Crippen molar-refractivity contribution in [2.24, 2.45) is 5.73 Å². The van der Waals surface area contributed by atoms with E-state index in [1.807, 2.05) is 30.3 Å². The van der Waals surface area contributed by atoms with Crippen molar-refractivity contribution in [3.8, 4) is 0 Å². The summed E-state index contributed by atoms with van der Waals surface area (Å²) in [5.41, 5.74) is 6.92. The monoisotopic (exact) mass is 295 g/mol. The van der Waals surface area contributed by atoms with Crippen LogP contribution in [0.1, 0.15) is 29.7 Å². The van der Waals surface area contributed by atoms with Crippen molar-refractivity contribution in [2.75, 3.05) is 12.0 Å². The van der Waals surface area contributed by atoms with Gasteiger partial charge in [-0.05, 0) is 12.0 Å². The number of nitrogens with zero attached hydrogens (tertiary/aromatic N) is 2. The summed E-state index contributed by atoms with van der Waals surface area (Å²) in [7, 11) is -3.04. The van der Waals surface area contributed by atoms with E-state index in [-0.39, 0.29) is 18.1 Å². The van der Waals surface area contributed by atoms with Crippen molar-refractivity contribution in [3.05, 3.63) is 47.6 Å². The molecule has 2 rings (SSSR count). The van der Waals surface area contributed by atoms with Gasteiger partial charge in [0.2, 0.25) is 5.89 Å². The lowest BCUT2D eigenvalue weighted by atomic mass is 10.1. The molecule has 0 fully saturated rings.